The lowest BCUT2D eigenvalue weighted by Gasteiger charge is -2.17. The van der Waals surface area contributed by atoms with Gasteiger partial charge in [-0.25, -0.2) is 0 Å². The molecule has 0 aromatic heterocycles. The van der Waals surface area contributed by atoms with E-state index >= 15 is 0 Å². The van der Waals surface area contributed by atoms with Crippen molar-refractivity contribution in [2.75, 3.05) is 6.61 Å². The molecule has 0 amide bonds. The van der Waals surface area contributed by atoms with Gasteiger partial charge in [-0.1, -0.05) is 18.2 Å². The summed E-state index contributed by atoms with van der Waals surface area (Å²) in [6.45, 7) is 7.99. The number of hydrogen-bond donors (Lipinski definition) is 1. The van der Waals surface area contributed by atoms with E-state index in [4.69, 9.17) is 9.47 Å². The van der Waals surface area contributed by atoms with Crippen molar-refractivity contribution in [1.82, 2.24) is 0 Å². The maximum Gasteiger partial charge on any atom is 0.302 e. The highest BCUT2D eigenvalue weighted by molar-refractivity contribution is 5.76. The molecule has 1 N–H and O–H groups in total. The fourth-order valence-corrected chi connectivity index (χ4v) is 3.98. The number of rotatable bonds is 6. The van der Waals surface area contributed by atoms with Gasteiger partial charge in [0.05, 0.1) is 12.7 Å². The lowest BCUT2D eigenvalue weighted by molar-refractivity contribution is -0.145. The van der Waals surface area contributed by atoms with Crippen LogP contribution in [0, 0.1) is 13.8 Å². The van der Waals surface area contributed by atoms with Crippen molar-refractivity contribution in [3.05, 3.63) is 52.6 Å². The third kappa shape index (κ3) is 4.33. The molecule has 0 saturated carbocycles. The maximum absolute atomic E-state index is 11.0. The summed E-state index contributed by atoms with van der Waals surface area (Å²) >= 11 is 0. The molecule has 2 atom stereocenters. The highest BCUT2D eigenvalue weighted by Gasteiger charge is 2.24. The average Bonchev–Trinajstić information content (AvgIpc) is 2.96. The van der Waals surface area contributed by atoms with Gasteiger partial charge in [0.25, 0.3) is 0 Å². The van der Waals surface area contributed by atoms with Crippen LogP contribution in [0.25, 0.3) is 11.1 Å². The summed E-state index contributed by atoms with van der Waals surface area (Å²) in [5, 5.41) is 10.2. The second-order valence-corrected chi connectivity index (χ2v) is 7.42. The van der Waals surface area contributed by atoms with Gasteiger partial charge in [-0.15, -0.1) is 0 Å². The summed E-state index contributed by atoms with van der Waals surface area (Å²) in [5.74, 6) is 0.565. The molecule has 1 unspecified atom stereocenters. The molecule has 1 aliphatic rings. The van der Waals surface area contributed by atoms with Crippen LogP contribution in [-0.2, 0) is 16.0 Å². The molecule has 3 rings (SSSR count). The number of esters is 1. The van der Waals surface area contributed by atoms with E-state index < -0.39 is 0 Å². The van der Waals surface area contributed by atoms with E-state index in [2.05, 4.69) is 32.0 Å². The van der Waals surface area contributed by atoms with Gasteiger partial charge in [-0.05, 0) is 79.1 Å². The molecular formula is C23H28O4. The Balaban J connectivity index is 1.78. The first-order chi connectivity index (χ1) is 12.9. The maximum atomic E-state index is 11.0. The number of aryl methyl sites for hydroxylation is 2. The lowest BCUT2D eigenvalue weighted by atomic mass is 9.90. The molecule has 4 nitrogen and oxygen atoms in total. The zero-order valence-corrected chi connectivity index (χ0v) is 16.5. The Kier molecular flexibility index (Phi) is 5.85. The standard InChI is InChI=1S/C23H28O4/c1-14-12-18(26-11-10-16(3)27-17(4)24)13-15(2)23(14)21-7-5-6-20-19(21)8-9-22(20)25/h5-7,12-13,16,22,25H,8-11H2,1-4H3/t16-,22?/m1/s1. The molecule has 1 aliphatic carbocycles. The van der Waals surface area contributed by atoms with Crippen molar-refractivity contribution in [2.24, 2.45) is 0 Å². The number of hydrogen-bond acceptors (Lipinski definition) is 4. The van der Waals surface area contributed by atoms with Crippen LogP contribution < -0.4 is 4.74 Å². The van der Waals surface area contributed by atoms with Crippen LogP contribution in [0.5, 0.6) is 5.75 Å². The molecule has 27 heavy (non-hydrogen) atoms. The van der Waals surface area contributed by atoms with Crippen LogP contribution in [0.4, 0.5) is 0 Å². The van der Waals surface area contributed by atoms with E-state index in [1.54, 1.807) is 0 Å². The second-order valence-electron chi connectivity index (χ2n) is 7.42. The normalized spacial score (nSPS) is 16.7. The summed E-state index contributed by atoms with van der Waals surface area (Å²) in [5.41, 5.74) is 7.09. The molecule has 0 saturated heterocycles. The van der Waals surface area contributed by atoms with Crippen LogP contribution in [0.2, 0.25) is 0 Å². The van der Waals surface area contributed by atoms with E-state index in [1.165, 1.54) is 23.6 Å². The zero-order valence-electron chi connectivity index (χ0n) is 16.5. The predicted octanol–water partition coefficient (Wildman–Crippen LogP) is 4.67. The fraction of sp³-hybridized carbons (Fsp3) is 0.435. The van der Waals surface area contributed by atoms with E-state index in [-0.39, 0.29) is 18.2 Å². The Morgan fingerprint density at radius 3 is 2.63 bits per heavy atom. The summed E-state index contributed by atoms with van der Waals surface area (Å²) in [6.07, 6.45) is 1.87. The summed E-state index contributed by atoms with van der Waals surface area (Å²) in [7, 11) is 0. The number of ether oxygens (including phenoxy) is 2. The first-order valence-corrected chi connectivity index (χ1v) is 9.58. The second kappa shape index (κ2) is 8.13. The van der Waals surface area contributed by atoms with E-state index in [0.29, 0.717) is 13.0 Å². The number of aliphatic hydroxyl groups is 1. The van der Waals surface area contributed by atoms with Crippen molar-refractivity contribution >= 4 is 5.97 Å². The minimum absolute atomic E-state index is 0.151. The minimum Gasteiger partial charge on any atom is -0.493 e. The van der Waals surface area contributed by atoms with Crippen molar-refractivity contribution < 1.29 is 19.4 Å². The molecular weight excluding hydrogens is 340 g/mol. The van der Waals surface area contributed by atoms with Gasteiger partial charge in [-0.2, -0.15) is 0 Å². The van der Waals surface area contributed by atoms with Crippen LogP contribution in [0.1, 0.15) is 55.0 Å². The Labute approximate surface area is 161 Å². The molecule has 4 heteroatoms. The minimum atomic E-state index is -0.345. The van der Waals surface area contributed by atoms with Crippen molar-refractivity contribution in [2.45, 2.75) is 59.2 Å². The first kappa shape index (κ1) is 19.4. The highest BCUT2D eigenvalue weighted by Crippen LogP contribution is 2.40. The first-order valence-electron chi connectivity index (χ1n) is 9.58. The molecule has 0 heterocycles. The van der Waals surface area contributed by atoms with Gasteiger partial charge in [-0.3, -0.25) is 4.79 Å². The third-order valence-corrected chi connectivity index (χ3v) is 5.17. The molecule has 0 fully saturated rings. The summed E-state index contributed by atoms with van der Waals surface area (Å²) < 4.78 is 11.0. The highest BCUT2D eigenvalue weighted by atomic mass is 16.5. The average molecular weight is 368 g/mol. The van der Waals surface area contributed by atoms with Crippen molar-refractivity contribution in [1.29, 1.82) is 0 Å². The molecule has 2 aromatic carbocycles. The third-order valence-electron chi connectivity index (χ3n) is 5.17. The van der Waals surface area contributed by atoms with Gasteiger partial charge in [0.15, 0.2) is 0 Å². The van der Waals surface area contributed by atoms with Crippen LogP contribution in [0.15, 0.2) is 30.3 Å². The van der Waals surface area contributed by atoms with Gasteiger partial charge in [0.1, 0.15) is 11.9 Å². The Morgan fingerprint density at radius 1 is 1.26 bits per heavy atom. The summed E-state index contributed by atoms with van der Waals surface area (Å²) in [6, 6.07) is 10.3. The van der Waals surface area contributed by atoms with E-state index in [1.807, 2.05) is 19.1 Å². The summed E-state index contributed by atoms with van der Waals surface area (Å²) in [4.78, 5) is 11.0. The van der Waals surface area contributed by atoms with Crippen LogP contribution in [-0.4, -0.2) is 23.8 Å². The zero-order chi connectivity index (χ0) is 19.6. The van der Waals surface area contributed by atoms with E-state index in [0.717, 1.165) is 35.3 Å². The molecule has 0 radical (unpaired) electrons. The van der Waals surface area contributed by atoms with Crippen LogP contribution >= 0.6 is 0 Å². The number of benzene rings is 2. The Morgan fingerprint density at radius 2 is 1.96 bits per heavy atom. The Bertz CT molecular complexity index is 817. The van der Waals surface area contributed by atoms with Crippen molar-refractivity contribution in [3.63, 3.8) is 0 Å². The number of aliphatic hydroxyl groups excluding tert-OH is 1. The topological polar surface area (TPSA) is 55.8 Å². The van der Waals surface area contributed by atoms with Gasteiger partial charge in [0.2, 0.25) is 0 Å². The fourth-order valence-electron chi connectivity index (χ4n) is 3.98. The van der Waals surface area contributed by atoms with Crippen LogP contribution in [0.3, 0.4) is 0 Å². The number of fused-ring (bicyclic) bond motifs is 1. The largest absolute Gasteiger partial charge is 0.493 e. The van der Waals surface area contributed by atoms with Gasteiger partial charge >= 0.3 is 5.97 Å². The predicted molar refractivity (Wildman–Crippen MR) is 106 cm³/mol. The molecule has 0 bridgehead atoms. The van der Waals surface area contributed by atoms with Gasteiger partial charge < -0.3 is 14.6 Å². The quantitative estimate of drug-likeness (QED) is 0.753. The molecule has 144 valence electrons. The molecule has 0 aliphatic heterocycles. The molecule has 2 aromatic rings. The smallest absolute Gasteiger partial charge is 0.302 e. The monoisotopic (exact) mass is 368 g/mol. The van der Waals surface area contributed by atoms with Crippen molar-refractivity contribution in [3.8, 4) is 16.9 Å². The number of carbonyl (C=O) groups excluding carboxylic acids is 1. The SMILES string of the molecule is CC(=O)O[C@H](C)CCOc1cc(C)c(-c2cccc3c2CCC3O)c(C)c1. The number of carbonyl (C=O) groups is 1. The van der Waals surface area contributed by atoms with Gasteiger partial charge in [0, 0.05) is 13.3 Å². The molecule has 0 spiro atoms. The van der Waals surface area contributed by atoms with E-state index in [9.17, 15) is 9.90 Å². The lowest BCUT2D eigenvalue weighted by Crippen LogP contribution is -2.15. The Hall–Kier alpha value is -2.33.